The zero-order valence-electron chi connectivity index (χ0n) is 13.3. The fraction of sp³-hybridized carbons (Fsp3) is 0.938. The van der Waals surface area contributed by atoms with Gasteiger partial charge in [-0.3, -0.25) is 4.79 Å². The Bertz CT molecular complexity index is 306. The van der Waals surface area contributed by atoms with E-state index in [1.165, 1.54) is 0 Å². The highest BCUT2D eigenvalue weighted by Gasteiger charge is 2.40. The molecule has 0 amide bonds. The molecular weight excluding hydrogens is 256 g/mol. The van der Waals surface area contributed by atoms with Crippen molar-refractivity contribution >= 4 is 17.7 Å². The Morgan fingerprint density at radius 2 is 1.79 bits per heavy atom. The van der Waals surface area contributed by atoms with E-state index in [0.29, 0.717) is 22.5 Å². The molecule has 0 aliphatic heterocycles. The Labute approximate surface area is 122 Å². The fourth-order valence-corrected chi connectivity index (χ4v) is 4.43. The second-order valence-electron chi connectivity index (χ2n) is 7.44. The Morgan fingerprint density at radius 1 is 1.21 bits per heavy atom. The SMILES string of the molecule is CC(C)C(C)SC1CC(C(C)(C)C)CCC1C(=O)O. The van der Waals surface area contributed by atoms with Gasteiger partial charge < -0.3 is 5.11 Å². The van der Waals surface area contributed by atoms with Crippen molar-refractivity contribution in [3.05, 3.63) is 0 Å². The maximum Gasteiger partial charge on any atom is 0.307 e. The molecule has 0 aromatic rings. The van der Waals surface area contributed by atoms with Gasteiger partial charge in [-0.2, -0.15) is 11.8 Å². The highest BCUT2D eigenvalue weighted by Crippen LogP contribution is 2.45. The van der Waals surface area contributed by atoms with Crippen LogP contribution in [-0.4, -0.2) is 21.6 Å². The second kappa shape index (κ2) is 6.51. The van der Waals surface area contributed by atoms with E-state index < -0.39 is 5.97 Å². The first kappa shape index (κ1) is 16.9. The number of carboxylic acid groups (broad SMARTS) is 1. The molecule has 0 heterocycles. The molecule has 1 N–H and O–H groups in total. The summed E-state index contributed by atoms with van der Waals surface area (Å²) in [6.07, 6.45) is 2.97. The van der Waals surface area contributed by atoms with E-state index in [4.69, 9.17) is 0 Å². The molecule has 3 heteroatoms. The predicted molar refractivity (Wildman–Crippen MR) is 83.6 cm³/mol. The molecule has 0 saturated heterocycles. The van der Waals surface area contributed by atoms with Crippen molar-refractivity contribution in [2.45, 2.75) is 71.3 Å². The number of hydrogen-bond acceptors (Lipinski definition) is 2. The zero-order chi connectivity index (χ0) is 14.8. The van der Waals surface area contributed by atoms with Gasteiger partial charge in [-0.25, -0.2) is 0 Å². The molecule has 1 rings (SSSR count). The van der Waals surface area contributed by atoms with Gasteiger partial charge in [0.2, 0.25) is 0 Å². The number of rotatable bonds is 4. The minimum absolute atomic E-state index is 0.148. The van der Waals surface area contributed by atoms with E-state index in [1.807, 2.05) is 11.8 Å². The summed E-state index contributed by atoms with van der Waals surface area (Å²) in [5, 5.41) is 10.3. The highest BCUT2D eigenvalue weighted by molar-refractivity contribution is 8.00. The summed E-state index contributed by atoms with van der Waals surface area (Å²) in [5.41, 5.74) is 0.295. The molecule has 0 spiro atoms. The zero-order valence-corrected chi connectivity index (χ0v) is 14.1. The van der Waals surface area contributed by atoms with Crippen LogP contribution in [0.1, 0.15) is 60.8 Å². The van der Waals surface area contributed by atoms with Crippen molar-refractivity contribution in [3.63, 3.8) is 0 Å². The third kappa shape index (κ3) is 4.70. The smallest absolute Gasteiger partial charge is 0.307 e. The minimum atomic E-state index is -0.596. The first-order valence-corrected chi connectivity index (χ1v) is 8.45. The van der Waals surface area contributed by atoms with Crippen molar-refractivity contribution < 1.29 is 9.90 Å². The number of aliphatic carboxylic acids is 1. The molecule has 0 radical (unpaired) electrons. The Morgan fingerprint density at radius 3 is 2.21 bits per heavy atom. The molecule has 1 aliphatic rings. The van der Waals surface area contributed by atoms with Crippen molar-refractivity contribution in [3.8, 4) is 0 Å². The molecule has 0 aromatic carbocycles. The highest BCUT2D eigenvalue weighted by atomic mass is 32.2. The van der Waals surface area contributed by atoms with Crippen LogP contribution in [0.2, 0.25) is 0 Å². The second-order valence-corrected chi connectivity index (χ2v) is 9.07. The molecule has 19 heavy (non-hydrogen) atoms. The molecule has 0 aromatic heterocycles. The molecule has 0 bridgehead atoms. The maximum atomic E-state index is 11.5. The molecule has 1 saturated carbocycles. The summed E-state index contributed by atoms with van der Waals surface area (Å²) in [5.74, 6) is 0.514. The molecule has 2 nitrogen and oxygen atoms in total. The van der Waals surface area contributed by atoms with Crippen molar-refractivity contribution in [2.24, 2.45) is 23.2 Å². The van der Waals surface area contributed by atoms with Crippen molar-refractivity contribution in [1.82, 2.24) is 0 Å². The molecule has 1 fully saturated rings. The standard InChI is InChI=1S/C16H30O2S/c1-10(2)11(3)19-14-9-12(16(4,5)6)7-8-13(14)15(17)18/h10-14H,7-9H2,1-6H3,(H,17,18). The van der Waals surface area contributed by atoms with Crippen LogP contribution >= 0.6 is 11.8 Å². The van der Waals surface area contributed by atoms with Crippen LogP contribution in [0.25, 0.3) is 0 Å². The lowest BCUT2D eigenvalue weighted by molar-refractivity contribution is -0.143. The lowest BCUT2D eigenvalue weighted by Gasteiger charge is -2.41. The average Bonchev–Trinajstić information content (AvgIpc) is 2.27. The van der Waals surface area contributed by atoms with Gasteiger partial charge in [-0.15, -0.1) is 0 Å². The largest absolute Gasteiger partial charge is 0.481 e. The van der Waals surface area contributed by atoms with E-state index in [0.717, 1.165) is 19.3 Å². The lowest BCUT2D eigenvalue weighted by Crippen LogP contribution is -2.38. The maximum absolute atomic E-state index is 11.5. The number of carbonyl (C=O) groups is 1. The van der Waals surface area contributed by atoms with Crippen LogP contribution in [0.15, 0.2) is 0 Å². The van der Waals surface area contributed by atoms with E-state index in [9.17, 15) is 9.90 Å². The number of hydrogen-bond donors (Lipinski definition) is 1. The van der Waals surface area contributed by atoms with Gasteiger partial charge in [-0.05, 0) is 36.5 Å². The quantitative estimate of drug-likeness (QED) is 0.815. The summed E-state index contributed by atoms with van der Waals surface area (Å²) in [4.78, 5) is 11.5. The van der Waals surface area contributed by atoms with E-state index in [-0.39, 0.29) is 11.2 Å². The van der Waals surface area contributed by atoms with Crippen LogP contribution in [-0.2, 0) is 4.79 Å². The third-order valence-electron chi connectivity index (χ3n) is 4.66. The summed E-state index contributed by atoms with van der Waals surface area (Å²) >= 11 is 1.90. The van der Waals surface area contributed by atoms with Crippen molar-refractivity contribution in [1.29, 1.82) is 0 Å². The van der Waals surface area contributed by atoms with Crippen molar-refractivity contribution in [2.75, 3.05) is 0 Å². The molecule has 4 atom stereocenters. The molecule has 112 valence electrons. The van der Waals surface area contributed by atoms with E-state index in [2.05, 4.69) is 41.5 Å². The Hall–Kier alpha value is -0.180. The summed E-state index contributed by atoms with van der Waals surface area (Å²) < 4.78 is 0. The normalized spacial score (nSPS) is 30.4. The van der Waals surface area contributed by atoms with Crippen LogP contribution in [0, 0.1) is 23.2 Å². The van der Waals surface area contributed by atoms with Crippen LogP contribution in [0.3, 0.4) is 0 Å². The fourth-order valence-electron chi connectivity index (χ4n) is 2.78. The molecular formula is C16H30O2S. The average molecular weight is 286 g/mol. The van der Waals surface area contributed by atoms with Gasteiger partial charge in [0, 0.05) is 10.5 Å². The van der Waals surface area contributed by atoms with E-state index >= 15 is 0 Å². The van der Waals surface area contributed by atoms with Crippen LogP contribution < -0.4 is 0 Å². The number of carboxylic acids is 1. The molecule has 4 unspecified atom stereocenters. The number of thioether (sulfide) groups is 1. The van der Waals surface area contributed by atoms with Gasteiger partial charge >= 0.3 is 5.97 Å². The van der Waals surface area contributed by atoms with Gasteiger partial charge in [0.1, 0.15) is 0 Å². The lowest BCUT2D eigenvalue weighted by atomic mass is 9.69. The van der Waals surface area contributed by atoms with Crippen LogP contribution in [0.5, 0.6) is 0 Å². The van der Waals surface area contributed by atoms with Gasteiger partial charge in [0.05, 0.1) is 5.92 Å². The minimum Gasteiger partial charge on any atom is -0.481 e. The van der Waals surface area contributed by atoms with Gasteiger partial charge in [0.15, 0.2) is 0 Å². The topological polar surface area (TPSA) is 37.3 Å². The Balaban J connectivity index is 2.76. The van der Waals surface area contributed by atoms with Crippen LogP contribution in [0.4, 0.5) is 0 Å². The summed E-state index contributed by atoms with van der Waals surface area (Å²) in [6.45, 7) is 13.5. The molecule has 1 aliphatic carbocycles. The van der Waals surface area contributed by atoms with Gasteiger partial charge in [0.25, 0.3) is 0 Å². The van der Waals surface area contributed by atoms with Gasteiger partial charge in [-0.1, -0.05) is 41.5 Å². The first-order chi connectivity index (χ1) is 8.62. The monoisotopic (exact) mass is 286 g/mol. The van der Waals surface area contributed by atoms with E-state index in [1.54, 1.807) is 0 Å². The first-order valence-electron chi connectivity index (χ1n) is 7.51. The summed E-state index contributed by atoms with van der Waals surface area (Å²) in [6, 6.07) is 0. The summed E-state index contributed by atoms with van der Waals surface area (Å²) in [7, 11) is 0. The third-order valence-corrected chi connectivity index (χ3v) is 6.51. The Kier molecular flexibility index (Phi) is 5.78. The predicted octanol–water partition coefficient (Wildman–Crippen LogP) is 4.68.